The van der Waals surface area contributed by atoms with Crippen LogP contribution in [0.3, 0.4) is 0 Å². The van der Waals surface area contributed by atoms with Gasteiger partial charge < -0.3 is 19.3 Å². The van der Waals surface area contributed by atoms with Crippen LogP contribution in [0.1, 0.15) is 24.6 Å². The number of Topliss-reactive ketones (excluding diaryl/α,β-unsaturated/α-hetero) is 1. The van der Waals surface area contributed by atoms with Crippen molar-refractivity contribution < 1.29 is 14.3 Å². The van der Waals surface area contributed by atoms with E-state index in [4.69, 9.17) is 9.47 Å². The minimum absolute atomic E-state index is 0.212. The van der Waals surface area contributed by atoms with Gasteiger partial charge in [0.2, 0.25) is 6.79 Å². The zero-order valence-electron chi connectivity index (χ0n) is 10.5. The quantitative estimate of drug-likeness (QED) is 0.904. The van der Waals surface area contributed by atoms with Crippen LogP contribution in [0.2, 0.25) is 0 Å². The fourth-order valence-electron chi connectivity index (χ4n) is 2.40. The van der Waals surface area contributed by atoms with E-state index in [-0.39, 0.29) is 12.6 Å². The van der Waals surface area contributed by atoms with Gasteiger partial charge in [0.1, 0.15) is 5.78 Å². The third kappa shape index (κ3) is 1.74. The van der Waals surface area contributed by atoms with E-state index in [1.54, 1.807) is 6.92 Å². The summed E-state index contributed by atoms with van der Waals surface area (Å²) in [6, 6.07) is 3.96. The molecular formula is C14H15NO3. The summed E-state index contributed by atoms with van der Waals surface area (Å²) in [5.74, 6) is 1.77. The minimum atomic E-state index is 0.212. The average molecular weight is 245 g/mol. The highest BCUT2D eigenvalue weighted by Gasteiger charge is 2.18. The van der Waals surface area contributed by atoms with Crippen LogP contribution in [-0.4, -0.2) is 17.6 Å². The lowest BCUT2D eigenvalue weighted by Crippen LogP contribution is -1.95. The van der Waals surface area contributed by atoms with Crippen LogP contribution in [0.25, 0.3) is 10.9 Å². The first kappa shape index (κ1) is 11.1. The molecule has 0 saturated carbocycles. The summed E-state index contributed by atoms with van der Waals surface area (Å²) in [7, 11) is 0. The normalized spacial score (nSPS) is 13.2. The van der Waals surface area contributed by atoms with Crippen LogP contribution in [-0.2, 0) is 11.2 Å². The lowest BCUT2D eigenvalue weighted by molar-refractivity contribution is -0.116. The van der Waals surface area contributed by atoms with Crippen LogP contribution in [0.5, 0.6) is 11.5 Å². The first-order valence-electron chi connectivity index (χ1n) is 6.05. The summed E-state index contributed by atoms with van der Waals surface area (Å²) in [5, 5.41) is 1.12. The average Bonchev–Trinajstić information content (AvgIpc) is 2.86. The van der Waals surface area contributed by atoms with E-state index < -0.39 is 0 Å². The van der Waals surface area contributed by atoms with Gasteiger partial charge in [-0.05, 0) is 31.9 Å². The molecule has 0 fully saturated rings. The number of aryl methyl sites for hydroxylation is 2. The predicted octanol–water partition coefficient (Wildman–Crippen LogP) is 2.73. The first-order chi connectivity index (χ1) is 8.65. The number of aromatic nitrogens is 1. The first-order valence-corrected chi connectivity index (χ1v) is 6.05. The molecule has 1 aliphatic rings. The summed E-state index contributed by atoms with van der Waals surface area (Å²) in [6.07, 6.45) is 1.34. The van der Waals surface area contributed by atoms with Gasteiger partial charge in [0.25, 0.3) is 0 Å². The topological polar surface area (TPSA) is 51.3 Å². The molecule has 0 atom stereocenters. The Hall–Kier alpha value is -1.97. The Labute approximate surface area is 105 Å². The van der Waals surface area contributed by atoms with Crippen molar-refractivity contribution in [2.75, 3.05) is 6.79 Å². The number of carbonyl (C=O) groups is 1. The molecule has 0 bridgehead atoms. The lowest BCUT2D eigenvalue weighted by atomic mass is 10.0. The SMILES string of the molecule is CC(=O)CCc1c(C)[nH]c2cc3c(cc12)OCO3. The zero-order valence-corrected chi connectivity index (χ0v) is 10.5. The highest BCUT2D eigenvalue weighted by molar-refractivity contribution is 5.88. The number of ketones is 1. The van der Waals surface area contributed by atoms with Crippen molar-refractivity contribution in [2.24, 2.45) is 0 Å². The molecule has 1 aromatic heterocycles. The summed E-state index contributed by atoms with van der Waals surface area (Å²) < 4.78 is 10.8. The van der Waals surface area contributed by atoms with Crippen molar-refractivity contribution in [3.8, 4) is 11.5 Å². The summed E-state index contributed by atoms with van der Waals surface area (Å²) in [4.78, 5) is 14.5. The third-order valence-electron chi connectivity index (χ3n) is 3.34. The maximum Gasteiger partial charge on any atom is 0.231 e. The van der Waals surface area contributed by atoms with Crippen LogP contribution in [0, 0.1) is 6.92 Å². The summed E-state index contributed by atoms with van der Waals surface area (Å²) >= 11 is 0. The number of fused-ring (bicyclic) bond motifs is 2. The van der Waals surface area contributed by atoms with E-state index in [9.17, 15) is 4.79 Å². The number of benzene rings is 1. The molecule has 2 aromatic rings. The fourth-order valence-corrected chi connectivity index (χ4v) is 2.40. The van der Waals surface area contributed by atoms with Gasteiger partial charge in [0, 0.05) is 29.1 Å². The molecule has 1 aliphatic heterocycles. The number of aromatic amines is 1. The second-order valence-corrected chi connectivity index (χ2v) is 4.68. The molecule has 1 aromatic carbocycles. The molecule has 0 radical (unpaired) electrons. The standard InChI is InChI=1S/C14H15NO3/c1-8(16)3-4-10-9(2)15-12-6-14-13(5-11(10)12)17-7-18-14/h5-6,15H,3-4,7H2,1-2H3. The van der Waals surface area contributed by atoms with E-state index in [1.807, 2.05) is 19.1 Å². The molecule has 0 unspecified atom stereocenters. The number of H-pyrrole nitrogens is 1. The Bertz CT molecular complexity index is 627. The van der Waals surface area contributed by atoms with Crippen LogP contribution in [0.4, 0.5) is 0 Å². The van der Waals surface area contributed by atoms with E-state index in [1.165, 1.54) is 5.56 Å². The van der Waals surface area contributed by atoms with Gasteiger partial charge in [-0.25, -0.2) is 0 Å². The van der Waals surface area contributed by atoms with Crippen LogP contribution >= 0.6 is 0 Å². The molecule has 0 amide bonds. The Kier molecular flexibility index (Phi) is 2.51. The molecule has 3 rings (SSSR count). The molecule has 18 heavy (non-hydrogen) atoms. The zero-order chi connectivity index (χ0) is 12.7. The van der Waals surface area contributed by atoms with Gasteiger partial charge in [-0.3, -0.25) is 0 Å². The van der Waals surface area contributed by atoms with E-state index >= 15 is 0 Å². The minimum Gasteiger partial charge on any atom is -0.454 e. The van der Waals surface area contributed by atoms with Gasteiger partial charge in [-0.1, -0.05) is 0 Å². The Morgan fingerprint density at radius 3 is 2.78 bits per heavy atom. The summed E-state index contributed by atoms with van der Waals surface area (Å²) in [5.41, 5.74) is 3.34. The van der Waals surface area contributed by atoms with Crippen LogP contribution < -0.4 is 9.47 Å². The van der Waals surface area contributed by atoms with E-state index in [2.05, 4.69) is 4.98 Å². The van der Waals surface area contributed by atoms with Crippen molar-refractivity contribution in [3.63, 3.8) is 0 Å². The Morgan fingerprint density at radius 1 is 1.33 bits per heavy atom. The number of rotatable bonds is 3. The second-order valence-electron chi connectivity index (χ2n) is 4.68. The maximum atomic E-state index is 11.1. The lowest BCUT2D eigenvalue weighted by Gasteiger charge is -2.00. The highest BCUT2D eigenvalue weighted by Crippen LogP contribution is 2.38. The number of carbonyl (C=O) groups excluding carboxylic acids is 1. The molecule has 4 nitrogen and oxygen atoms in total. The number of nitrogens with one attached hydrogen (secondary N) is 1. The molecule has 0 spiro atoms. The highest BCUT2D eigenvalue weighted by atomic mass is 16.7. The second kappa shape index (κ2) is 4.05. The molecule has 0 saturated heterocycles. The van der Waals surface area contributed by atoms with Gasteiger partial charge in [0.05, 0.1) is 0 Å². The third-order valence-corrected chi connectivity index (χ3v) is 3.34. The van der Waals surface area contributed by atoms with Gasteiger partial charge in [-0.2, -0.15) is 0 Å². The van der Waals surface area contributed by atoms with E-state index in [0.29, 0.717) is 6.42 Å². The van der Waals surface area contributed by atoms with Crippen molar-refractivity contribution in [1.82, 2.24) is 4.98 Å². The smallest absolute Gasteiger partial charge is 0.231 e. The fraction of sp³-hybridized carbons (Fsp3) is 0.357. The summed E-state index contributed by atoms with van der Waals surface area (Å²) in [6.45, 7) is 3.94. The maximum absolute atomic E-state index is 11.1. The van der Waals surface area contributed by atoms with Crippen molar-refractivity contribution >= 4 is 16.7 Å². The van der Waals surface area contributed by atoms with Crippen molar-refractivity contribution in [3.05, 3.63) is 23.4 Å². The molecule has 94 valence electrons. The molecule has 4 heteroatoms. The monoisotopic (exact) mass is 245 g/mol. The molecule has 2 heterocycles. The molecule has 1 N–H and O–H groups in total. The predicted molar refractivity (Wildman–Crippen MR) is 68.2 cm³/mol. The number of hydrogen-bond acceptors (Lipinski definition) is 3. The Balaban J connectivity index is 2.07. The van der Waals surface area contributed by atoms with Crippen molar-refractivity contribution in [2.45, 2.75) is 26.7 Å². The molecular weight excluding hydrogens is 230 g/mol. The van der Waals surface area contributed by atoms with Gasteiger partial charge >= 0.3 is 0 Å². The largest absolute Gasteiger partial charge is 0.454 e. The number of ether oxygens (including phenoxy) is 2. The van der Waals surface area contributed by atoms with Gasteiger partial charge in [-0.15, -0.1) is 0 Å². The molecule has 0 aliphatic carbocycles. The van der Waals surface area contributed by atoms with E-state index in [0.717, 1.165) is 34.5 Å². The number of hydrogen-bond donors (Lipinski definition) is 1. The van der Waals surface area contributed by atoms with Crippen LogP contribution in [0.15, 0.2) is 12.1 Å². The van der Waals surface area contributed by atoms with Crippen molar-refractivity contribution in [1.29, 1.82) is 0 Å². The Morgan fingerprint density at radius 2 is 2.06 bits per heavy atom. The van der Waals surface area contributed by atoms with Gasteiger partial charge in [0.15, 0.2) is 11.5 Å².